The molecule has 418 valence electrons. The Hall–Kier alpha value is -2.28. The van der Waals surface area contributed by atoms with Crippen molar-refractivity contribution in [2.75, 3.05) is 13.2 Å². The van der Waals surface area contributed by atoms with Crippen LogP contribution in [0.3, 0.4) is 0 Å². The average Bonchev–Trinajstić information content (AvgIpc) is 3.35. The maximum atomic E-state index is 13.1. The minimum absolute atomic E-state index is 0.0701. The van der Waals surface area contributed by atoms with E-state index in [0.29, 0.717) is 19.3 Å². The average molecular weight is 1010 g/mol. The summed E-state index contributed by atoms with van der Waals surface area (Å²) in [6.45, 7) is 6.00. The molecule has 0 aromatic rings. The predicted octanol–water partition coefficient (Wildman–Crippen LogP) is 15.1. The van der Waals surface area contributed by atoms with Gasteiger partial charge in [-0.15, -0.1) is 0 Å². The zero-order valence-corrected chi connectivity index (χ0v) is 46.0. The summed E-state index contributed by atoms with van der Waals surface area (Å²) in [6.07, 6.45) is 39.5. The summed E-state index contributed by atoms with van der Waals surface area (Å²) < 4.78 is 28.4. The van der Waals surface area contributed by atoms with E-state index in [1.54, 1.807) is 0 Å². The lowest BCUT2D eigenvalue weighted by molar-refractivity contribution is -0.301. The molecule has 1 fully saturated rings. The molecule has 1 aliphatic rings. The van der Waals surface area contributed by atoms with E-state index >= 15 is 0 Å². The van der Waals surface area contributed by atoms with Gasteiger partial charge < -0.3 is 39.0 Å². The monoisotopic (exact) mass is 1010 g/mol. The zero-order valence-electron chi connectivity index (χ0n) is 46.0. The molecule has 3 N–H and O–H groups in total. The van der Waals surface area contributed by atoms with E-state index in [-0.39, 0.29) is 25.9 Å². The second-order valence-electron chi connectivity index (χ2n) is 21.0. The Bertz CT molecular complexity index is 1250. The Morgan fingerprint density at radius 3 is 1.06 bits per heavy atom. The van der Waals surface area contributed by atoms with Crippen molar-refractivity contribution >= 4 is 23.9 Å². The Kier molecular flexibility index (Phi) is 45.7. The predicted molar refractivity (Wildman–Crippen MR) is 285 cm³/mol. The van der Waals surface area contributed by atoms with Crippen LogP contribution < -0.4 is 0 Å². The Morgan fingerprint density at radius 1 is 0.408 bits per heavy atom. The van der Waals surface area contributed by atoms with Crippen molar-refractivity contribution in [2.45, 2.75) is 340 Å². The van der Waals surface area contributed by atoms with Crippen molar-refractivity contribution in [2.24, 2.45) is 0 Å². The van der Waals surface area contributed by atoms with Gasteiger partial charge in [0.2, 0.25) is 0 Å². The highest BCUT2D eigenvalue weighted by atomic mass is 16.7. The number of ether oxygens (including phenoxy) is 5. The smallest absolute Gasteiger partial charge is 0.335 e. The maximum absolute atomic E-state index is 13.1. The van der Waals surface area contributed by atoms with Gasteiger partial charge in [0.25, 0.3) is 0 Å². The number of carbonyl (C=O) groups excluding carboxylic acids is 3. The number of rotatable bonds is 52. The summed E-state index contributed by atoms with van der Waals surface area (Å²) in [5, 5.41) is 31.4. The maximum Gasteiger partial charge on any atom is 0.335 e. The number of carbonyl (C=O) groups is 4. The van der Waals surface area contributed by atoms with Gasteiger partial charge in [-0.2, -0.15) is 0 Å². The molecule has 1 heterocycles. The summed E-state index contributed by atoms with van der Waals surface area (Å²) in [5.41, 5.74) is 0. The summed E-state index contributed by atoms with van der Waals surface area (Å²) in [5.74, 6) is -3.08. The molecule has 1 rings (SSSR count). The number of hydrogen-bond acceptors (Lipinski definition) is 11. The normalized spacial score (nSPS) is 18.4. The van der Waals surface area contributed by atoms with Crippen molar-refractivity contribution in [1.29, 1.82) is 0 Å². The molecule has 0 saturated carbocycles. The first-order valence-electron chi connectivity index (χ1n) is 30.0. The van der Waals surface area contributed by atoms with Crippen molar-refractivity contribution in [3.05, 3.63) is 0 Å². The number of hydrogen-bond donors (Lipinski definition) is 3. The Morgan fingerprint density at radius 2 is 0.718 bits per heavy atom. The first-order valence-corrected chi connectivity index (χ1v) is 30.0. The van der Waals surface area contributed by atoms with Gasteiger partial charge in [0, 0.05) is 19.3 Å². The molecule has 0 aliphatic carbocycles. The van der Waals surface area contributed by atoms with Crippen LogP contribution in [-0.2, 0) is 42.9 Å². The molecule has 6 unspecified atom stereocenters. The van der Waals surface area contributed by atoms with Crippen LogP contribution in [0.5, 0.6) is 0 Å². The van der Waals surface area contributed by atoms with E-state index in [9.17, 15) is 34.5 Å². The summed E-state index contributed by atoms with van der Waals surface area (Å²) in [6, 6.07) is 0. The molecule has 0 aromatic carbocycles. The lowest BCUT2D eigenvalue weighted by Crippen LogP contribution is -2.61. The fourth-order valence-corrected chi connectivity index (χ4v) is 9.55. The van der Waals surface area contributed by atoms with Crippen LogP contribution in [0.15, 0.2) is 0 Å². The molecule has 0 bridgehead atoms. The van der Waals surface area contributed by atoms with Gasteiger partial charge in [0.15, 0.2) is 24.6 Å². The number of carboxylic acids is 1. The van der Waals surface area contributed by atoms with Gasteiger partial charge in [-0.3, -0.25) is 14.4 Å². The number of aliphatic hydroxyl groups is 2. The molecule has 0 aromatic heterocycles. The van der Waals surface area contributed by atoms with E-state index in [0.717, 1.165) is 57.8 Å². The highest BCUT2D eigenvalue weighted by molar-refractivity contribution is 5.74. The minimum Gasteiger partial charge on any atom is -0.479 e. The zero-order chi connectivity index (χ0) is 51.8. The first kappa shape index (κ1) is 66.7. The van der Waals surface area contributed by atoms with E-state index in [1.807, 2.05) is 0 Å². The van der Waals surface area contributed by atoms with Crippen LogP contribution in [0.25, 0.3) is 0 Å². The molecule has 6 atom stereocenters. The number of aliphatic hydroxyl groups excluding tert-OH is 2. The summed E-state index contributed by atoms with van der Waals surface area (Å²) >= 11 is 0. The minimum atomic E-state index is -1.89. The molecular formula is C59H110O12. The fraction of sp³-hybridized carbons (Fsp3) is 0.932. The van der Waals surface area contributed by atoms with Crippen LogP contribution in [0.2, 0.25) is 0 Å². The molecule has 0 amide bonds. The summed E-state index contributed by atoms with van der Waals surface area (Å²) in [7, 11) is 0. The lowest BCUT2D eigenvalue weighted by atomic mass is 9.98. The lowest BCUT2D eigenvalue weighted by Gasteiger charge is -2.40. The quantitative estimate of drug-likeness (QED) is 0.0299. The van der Waals surface area contributed by atoms with E-state index in [2.05, 4.69) is 20.8 Å². The largest absolute Gasteiger partial charge is 0.479 e. The molecular weight excluding hydrogens is 901 g/mol. The Balaban J connectivity index is 2.59. The molecule has 12 nitrogen and oxygen atoms in total. The van der Waals surface area contributed by atoms with Crippen LogP contribution >= 0.6 is 0 Å². The molecule has 0 radical (unpaired) electrons. The Labute approximate surface area is 433 Å². The van der Waals surface area contributed by atoms with Crippen molar-refractivity contribution in [1.82, 2.24) is 0 Å². The SMILES string of the molecule is CCCCCCCCCCCCCCCCCCCCCC(=O)OCC(COC1OC(C(=O)O)C(O)C(O)C1OC(=O)CCCCCCCCCCCCCCC)OC(=O)CCCCCCCCCCC. The molecule has 71 heavy (non-hydrogen) atoms. The number of carboxylic acid groups (broad SMARTS) is 1. The van der Waals surface area contributed by atoms with E-state index < -0.39 is 67.3 Å². The standard InChI is InChI=1S/C59H110O12/c1-4-7-10-13-16-19-21-23-24-25-26-27-28-30-31-34-36-39-42-45-51(60)67-48-50(69-52(61)46-43-40-37-33-18-15-12-9-6-3)49-68-59-57(55(64)54(63)56(71-59)58(65)66)70-53(62)47-44-41-38-35-32-29-22-20-17-14-11-8-5-2/h50,54-57,59,63-64H,4-49H2,1-3H3,(H,65,66). The van der Waals surface area contributed by atoms with Crippen molar-refractivity contribution in [3.63, 3.8) is 0 Å². The van der Waals surface area contributed by atoms with Gasteiger partial charge in [-0.05, 0) is 19.3 Å². The third kappa shape index (κ3) is 38.9. The second-order valence-corrected chi connectivity index (χ2v) is 21.0. The number of aliphatic carboxylic acids is 1. The number of esters is 3. The number of unbranched alkanes of at least 4 members (excludes halogenated alkanes) is 38. The van der Waals surface area contributed by atoms with Gasteiger partial charge >= 0.3 is 23.9 Å². The first-order chi connectivity index (χ1) is 34.6. The van der Waals surface area contributed by atoms with Gasteiger partial charge in [0.1, 0.15) is 18.8 Å². The van der Waals surface area contributed by atoms with E-state index in [4.69, 9.17) is 23.7 Å². The third-order valence-corrected chi connectivity index (χ3v) is 14.2. The van der Waals surface area contributed by atoms with Crippen molar-refractivity contribution in [3.8, 4) is 0 Å². The molecule has 1 aliphatic heterocycles. The summed E-state index contributed by atoms with van der Waals surface area (Å²) in [4.78, 5) is 51.0. The van der Waals surface area contributed by atoms with Crippen LogP contribution in [0.1, 0.15) is 303 Å². The van der Waals surface area contributed by atoms with Crippen LogP contribution in [0, 0.1) is 0 Å². The van der Waals surface area contributed by atoms with Gasteiger partial charge in [-0.1, -0.05) is 265 Å². The molecule has 0 spiro atoms. The second kappa shape index (κ2) is 48.6. The van der Waals surface area contributed by atoms with Crippen LogP contribution in [-0.4, -0.2) is 89.2 Å². The highest BCUT2D eigenvalue weighted by Crippen LogP contribution is 2.27. The molecule has 1 saturated heterocycles. The van der Waals surface area contributed by atoms with Crippen molar-refractivity contribution < 1.29 is 58.2 Å². The highest BCUT2D eigenvalue weighted by Gasteiger charge is 2.50. The third-order valence-electron chi connectivity index (χ3n) is 14.2. The fourth-order valence-electron chi connectivity index (χ4n) is 9.55. The topological polar surface area (TPSA) is 175 Å². The van der Waals surface area contributed by atoms with Gasteiger partial charge in [0.05, 0.1) is 6.61 Å². The van der Waals surface area contributed by atoms with Gasteiger partial charge in [-0.25, -0.2) is 4.79 Å². The van der Waals surface area contributed by atoms with E-state index in [1.165, 1.54) is 186 Å². The molecule has 12 heteroatoms. The van der Waals surface area contributed by atoms with Crippen LogP contribution in [0.4, 0.5) is 0 Å².